The summed E-state index contributed by atoms with van der Waals surface area (Å²) in [6.07, 6.45) is 3.17. The highest BCUT2D eigenvalue weighted by atomic mass is 32.1. The van der Waals surface area contributed by atoms with Crippen LogP contribution in [-0.2, 0) is 4.79 Å². The number of amides is 2. The molecular formula is C20H22N4O2S2. The minimum Gasteiger partial charge on any atom is -0.336 e. The molecule has 0 spiro atoms. The molecule has 1 aromatic heterocycles. The van der Waals surface area contributed by atoms with E-state index in [1.165, 1.54) is 6.08 Å². The number of thiocarbonyl (C=S) groups is 1. The first-order chi connectivity index (χ1) is 13.5. The number of rotatable bonds is 4. The lowest BCUT2D eigenvalue weighted by atomic mass is 10.1. The Labute approximate surface area is 173 Å². The van der Waals surface area contributed by atoms with Crippen LogP contribution in [0, 0.1) is 0 Å². The second-order valence-electron chi connectivity index (χ2n) is 6.47. The van der Waals surface area contributed by atoms with Crippen molar-refractivity contribution in [2.45, 2.75) is 0 Å². The lowest BCUT2D eigenvalue weighted by Crippen LogP contribution is -2.47. The second-order valence-corrected chi connectivity index (χ2v) is 7.86. The van der Waals surface area contributed by atoms with Crippen LogP contribution < -0.4 is 10.6 Å². The van der Waals surface area contributed by atoms with E-state index in [0.29, 0.717) is 11.3 Å². The Hall–Kier alpha value is -2.55. The maximum Gasteiger partial charge on any atom is 0.254 e. The molecule has 146 valence electrons. The molecule has 0 bridgehead atoms. The fourth-order valence-corrected chi connectivity index (χ4v) is 3.62. The molecule has 1 aliphatic rings. The number of nitrogens with one attached hydrogen (secondary N) is 2. The van der Waals surface area contributed by atoms with Crippen LogP contribution in [0.25, 0.3) is 6.08 Å². The smallest absolute Gasteiger partial charge is 0.254 e. The van der Waals surface area contributed by atoms with Gasteiger partial charge in [0.15, 0.2) is 5.11 Å². The maximum absolute atomic E-state index is 12.7. The van der Waals surface area contributed by atoms with Crippen LogP contribution in [0.3, 0.4) is 0 Å². The predicted molar refractivity (Wildman–Crippen MR) is 118 cm³/mol. The largest absolute Gasteiger partial charge is 0.336 e. The summed E-state index contributed by atoms with van der Waals surface area (Å²) >= 11 is 6.75. The molecule has 28 heavy (non-hydrogen) atoms. The third kappa shape index (κ3) is 5.72. The lowest BCUT2D eigenvalue weighted by Gasteiger charge is -2.32. The molecule has 8 heteroatoms. The Morgan fingerprint density at radius 3 is 2.64 bits per heavy atom. The minimum absolute atomic E-state index is 0.00517. The van der Waals surface area contributed by atoms with Crippen molar-refractivity contribution in [2.75, 3.05) is 38.5 Å². The van der Waals surface area contributed by atoms with Crippen molar-refractivity contribution in [3.05, 3.63) is 58.3 Å². The molecule has 1 saturated heterocycles. The van der Waals surface area contributed by atoms with Gasteiger partial charge in [0.1, 0.15) is 0 Å². The van der Waals surface area contributed by atoms with Gasteiger partial charge in [-0.15, -0.1) is 11.3 Å². The Morgan fingerprint density at radius 1 is 1.14 bits per heavy atom. The summed E-state index contributed by atoms with van der Waals surface area (Å²) in [6, 6.07) is 11.0. The average molecular weight is 415 g/mol. The SMILES string of the molecule is CN1CCN(C(=O)c2cccc(NC(=S)NC(=O)/C=C/c3cccs3)c2)CC1. The van der Waals surface area contributed by atoms with E-state index < -0.39 is 0 Å². The Morgan fingerprint density at radius 2 is 1.93 bits per heavy atom. The summed E-state index contributed by atoms with van der Waals surface area (Å²) in [5.74, 6) is -0.304. The minimum atomic E-state index is -0.310. The summed E-state index contributed by atoms with van der Waals surface area (Å²) in [5.41, 5.74) is 1.26. The van der Waals surface area contributed by atoms with Crippen LogP contribution >= 0.6 is 23.6 Å². The first kappa shape index (κ1) is 20.2. The number of nitrogens with zero attached hydrogens (tertiary/aromatic N) is 2. The molecule has 0 radical (unpaired) electrons. The lowest BCUT2D eigenvalue weighted by molar-refractivity contribution is -0.115. The van der Waals surface area contributed by atoms with Crippen LogP contribution in [-0.4, -0.2) is 60.0 Å². The van der Waals surface area contributed by atoms with Gasteiger partial charge in [-0.1, -0.05) is 12.1 Å². The molecule has 6 nitrogen and oxygen atoms in total. The third-order valence-electron chi connectivity index (χ3n) is 4.34. The van der Waals surface area contributed by atoms with Gasteiger partial charge >= 0.3 is 0 Å². The van der Waals surface area contributed by atoms with E-state index in [0.717, 1.165) is 31.1 Å². The van der Waals surface area contributed by atoms with Gasteiger partial charge in [0.25, 0.3) is 5.91 Å². The Balaban J connectivity index is 1.55. The molecule has 1 aromatic carbocycles. The number of carbonyl (C=O) groups is 2. The van der Waals surface area contributed by atoms with Crippen molar-refractivity contribution in [1.82, 2.24) is 15.1 Å². The zero-order valence-corrected chi connectivity index (χ0v) is 17.2. The molecule has 1 fully saturated rings. The summed E-state index contributed by atoms with van der Waals surface area (Å²) < 4.78 is 0. The molecule has 1 aliphatic heterocycles. The van der Waals surface area contributed by atoms with Crippen molar-refractivity contribution >= 4 is 52.2 Å². The summed E-state index contributed by atoms with van der Waals surface area (Å²) in [4.78, 5) is 29.7. The highest BCUT2D eigenvalue weighted by molar-refractivity contribution is 7.80. The van der Waals surface area contributed by atoms with Gasteiger partial charge in [0.05, 0.1) is 0 Å². The van der Waals surface area contributed by atoms with Crippen molar-refractivity contribution in [2.24, 2.45) is 0 Å². The van der Waals surface area contributed by atoms with E-state index >= 15 is 0 Å². The summed E-state index contributed by atoms with van der Waals surface area (Å²) in [5, 5.41) is 7.70. The highest BCUT2D eigenvalue weighted by Crippen LogP contribution is 2.14. The molecule has 2 amide bonds. The van der Waals surface area contributed by atoms with Crippen LogP contribution in [0.15, 0.2) is 47.9 Å². The number of hydrogen-bond acceptors (Lipinski definition) is 5. The van der Waals surface area contributed by atoms with Crippen molar-refractivity contribution in [3.63, 3.8) is 0 Å². The van der Waals surface area contributed by atoms with E-state index in [1.54, 1.807) is 41.7 Å². The fraction of sp³-hybridized carbons (Fsp3) is 0.250. The van der Waals surface area contributed by atoms with Gasteiger partial charge in [-0.05, 0) is 55.0 Å². The number of piperazine rings is 1. The Kier molecular flexibility index (Phi) is 6.91. The quantitative estimate of drug-likeness (QED) is 0.595. The monoisotopic (exact) mass is 414 g/mol. The molecule has 0 unspecified atom stereocenters. The summed E-state index contributed by atoms with van der Waals surface area (Å²) in [7, 11) is 2.05. The fourth-order valence-electron chi connectivity index (χ4n) is 2.78. The number of thiophene rings is 1. The van der Waals surface area contributed by atoms with Crippen LogP contribution in [0.2, 0.25) is 0 Å². The molecule has 2 N–H and O–H groups in total. The van der Waals surface area contributed by atoms with Gasteiger partial charge < -0.3 is 15.1 Å². The zero-order valence-electron chi connectivity index (χ0n) is 15.6. The van der Waals surface area contributed by atoms with E-state index in [4.69, 9.17) is 12.2 Å². The van der Waals surface area contributed by atoms with E-state index in [2.05, 4.69) is 22.6 Å². The van der Waals surface area contributed by atoms with Crippen molar-refractivity contribution in [3.8, 4) is 0 Å². The first-order valence-corrected chi connectivity index (χ1v) is 10.2. The normalized spacial score (nSPS) is 14.8. The number of hydrogen-bond donors (Lipinski definition) is 2. The molecular weight excluding hydrogens is 392 g/mol. The predicted octanol–water partition coefficient (Wildman–Crippen LogP) is 2.66. The van der Waals surface area contributed by atoms with Gasteiger partial charge in [-0.2, -0.15) is 0 Å². The first-order valence-electron chi connectivity index (χ1n) is 8.93. The third-order valence-corrected chi connectivity index (χ3v) is 5.38. The van der Waals surface area contributed by atoms with Gasteiger partial charge in [0.2, 0.25) is 5.91 Å². The molecule has 0 atom stereocenters. The molecule has 0 aliphatic carbocycles. The summed E-state index contributed by atoms with van der Waals surface area (Å²) in [6.45, 7) is 3.19. The number of carbonyl (C=O) groups excluding carboxylic acids is 2. The van der Waals surface area contributed by atoms with Crippen LogP contribution in [0.1, 0.15) is 15.2 Å². The van der Waals surface area contributed by atoms with Gasteiger partial charge in [-0.3, -0.25) is 14.9 Å². The molecule has 0 saturated carbocycles. The Bertz CT molecular complexity index is 872. The second kappa shape index (κ2) is 9.59. The molecule has 2 heterocycles. The standard InChI is InChI=1S/C20H22N4O2S2/c1-23-9-11-24(12-10-23)19(26)15-4-2-5-16(14-15)21-20(27)22-18(25)8-7-17-6-3-13-28-17/h2-8,13-14H,9-12H2,1H3,(H2,21,22,25,27)/b8-7+. The van der Waals surface area contributed by atoms with Gasteiger partial charge in [-0.25, -0.2) is 0 Å². The average Bonchev–Trinajstić information content (AvgIpc) is 3.20. The highest BCUT2D eigenvalue weighted by Gasteiger charge is 2.20. The maximum atomic E-state index is 12.7. The zero-order chi connectivity index (χ0) is 19.9. The number of anilines is 1. The van der Waals surface area contributed by atoms with Crippen LogP contribution in [0.4, 0.5) is 5.69 Å². The van der Waals surface area contributed by atoms with E-state index in [9.17, 15) is 9.59 Å². The van der Waals surface area contributed by atoms with Gasteiger partial charge in [0, 0.05) is 48.4 Å². The van der Waals surface area contributed by atoms with E-state index in [-0.39, 0.29) is 16.9 Å². The molecule has 2 aromatic rings. The topological polar surface area (TPSA) is 64.7 Å². The van der Waals surface area contributed by atoms with Crippen LogP contribution in [0.5, 0.6) is 0 Å². The molecule has 3 rings (SSSR count). The van der Waals surface area contributed by atoms with Crippen molar-refractivity contribution < 1.29 is 9.59 Å². The number of benzene rings is 1. The number of likely N-dealkylation sites (N-methyl/N-ethyl adjacent to an activating group) is 1. The van der Waals surface area contributed by atoms with Crippen molar-refractivity contribution in [1.29, 1.82) is 0 Å². The van der Waals surface area contributed by atoms with E-state index in [1.807, 2.05) is 22.4 Å².